The molecule has 0 aromatic heterocycles. The van der Waals surface area contributed by atoms with Gasteiger partial charge in [-0.1, -0.05) is 37.1 Å². The molecule has 0 atom stereocenters. The highest BCUT2D eigenvalue weighted by atomic mass is 19.3. The Balaban J connectivity index is 0. The van der Waals surface area contributed by atoms with Crippen LogP contribution in [0.2, 0.25) is 0 Å². The number of halogens is 2. The Kier molecular flexibility index (Phi) is 22.2. The van der Waals surface area contributed by atoms with Crippen molar-refractivity contribution in [3.63, 3.8) is 0 Å². The lowest BCUT2D eigenvalue weighted by Gasteiger charge is -2.10. The normalized spacial score (nSPS) is 10.0. The molecular weight excluding hydrogens is 366 g/mol. The van der Waals surface area contributed by atoms with Crippen molar-refractivity contribution in [3.8, 4) is 6.07 Å². The topological polar surface area (TPSA) is 99.5 Å². The molecule has 0 aliphatic rings. The fourth-order valence-corrected chi connectivity index (χ4v) is 2.30. The molecule has 0 spiro atoms. The number of hydrogen-bond acceptors (Lipinski definition) is 5. The average Bonchev–Trinajstić information content (AvgIpc) is 2.73. The van der Waals surface area contributed by atoms with Crippen LogP contribution in [0.25, 0.3) is 0 Å². The third-order valence-corrected chi connectivity index (χ3v) is 3.95. The van der Waals surface area contributed by atoms with Gasteiger partial charge < -0.3 is 20.7 Å². The van der Waals surface area contributed by atoms with Crippen LogP contribution in [-0.2, 0) is 11.2 Å². The van der Waals surface area contributed by atoms with Crippen LogP contribution in [0.3, 0.4) is 0 Å². The van der Waals surface area contributed by atoms with E-state index in [1.54, 1.807) is 19.2 Å². The molecular formula is C21H36F2N2O3. The van der Waals surface area contributed by atoms with E-state index >= 15 is 0 Å². The largest absolute Gasteiger partial charge is 0.396 e. The highest BCUT2D eigenvalue weighted by molar-refractivity contribution is 5.24. The summed E-state index contributed by atoms with van der Waals surface area (Å²) in [5, 5.41) is 25.9. The van der Waals surface area contributed by atoms with Crippen molar-refractivity contribution in [2.24, 2.45) is 11.7 Å². The zero-order valence-corrected chi connectivity index (χ0v) is 17.1. The molecule has 1 aromatic carbocycles. The average molecular weight is 403 g/mol. The second kappa shape index (κ2) is 21.7. The van der Waals surface area contributed by atoms with Crippen LogP contribution in [0.5, 0.6) is 0 Å². The minimum atomic E-state index is -2.45. The number of nitrogens with two attached hydrogens (primary N) is 1. The molecule has 0 bridgehead atoms. The fraction of sp³-hybridized carbons (Fsp3) is 0.667. The molecule has 162 valence electrons. The Morgan fingerprint density at radius 3 is 2.29 bits per heavy atom. The Hall–Kier alpha value is -1.59. The van der Waals surface area contributed by atoms with Crippen molar-refractivity contribution in [3.05, 3.63) is 35.4 Å². The Morgan fingerprint density at radius 2 is 1.75 bits per heavy atom. The van der Waals surface area contributed by atoms with Gasteiger partial charge in [-0.3, -0.25) is 0 Å². The van der Waals surface area contributed by atoms with Crippen LogP contribution in [0.15, 0.2) is 24.3 Å². The Bertz CT molecular complexity index is 493. The molecule has 0 radical (unpaired) electrons. The molecule has 7 heteroatoms. The van der Waals surface area contributed by atoms with Crippen LogP contribution in [-0.4, -0.2) is 44.2 Å². The van der Waals surface area contributed by atoms with E-state index < -0.39 is 6.43 Å². The van der Waals surface area contributed by atoms with E-state index in [0.717, 1.165) is 31.4 Å². The summed E-state index contributed by atoms with van der Waals surface area (Å²) in [7, 11) is 3.22. The van der Waals surface area contributed by atoms with Gasteiger partial charge in [-0.05, 0) is 38.3 Å². The van der Waals surface area contributed by atoms with E-state index in [1.165, 1.54) is 25.6 Å². The smallest absolute Gasteiger partial charge is 0.263 e. The lowest BCUT2D eigenvalue weighted by atomic mass is 10.00. The van der Waals surface area contributed by atoms with Crippen molar-refractivity contribution in [1.29, 1.82) is 5.26 Å². The maximum absolute atomic E-state index is 12.4. The minimum absolute atomic E-state index is 0.0158. The molecule has 0 fully saturated rings. The fourth-order valence-electron chi connectivity index (χ4n) is 2.30. The van der Waals surface area contributed by atoms with Gasteiger partial charge in [-0.25, -0.2) is 8.78 Å². The number of nitriles is 1. The number of hydrogen-bond donors (Lipinski definition) is 3. The van der Waals surface area contributed by atoms with Gasteiger partial charge in [0.2, 0.25) is 0 Å². The standard InChI is InChI=1S/C12H16F2O2.C8H15NO.CH5N/c13-12(14)11-3-1-2-9(6-11)4-5-10(7-15)8-16;1-10-8-6-4-2-3-5-7-9;1-2/h1-3,6,10,12,15-16H,4-5,7-8H2;2-6,8H2,1H3;2H2,1H3. The maximum atomic E-state index is 12.4. The summed E-state index contributed by atoms with van der Waals surface area (Å²) in [5.41, 5.74) is 5.33. The molecule has 0 saturated heterocycles. The summed E-state index contributed by atoms with van der Waals surface area (Å²) < 4.78 is 29.7. The maximum Gasteiger partial charge on any atom is 0.263 e. The van der Waals surface area contributed by atoms with Crippen molar-refractivity contribution in [1.82, 2.24) is 0 Å². The van der Waals surface area contributed by atoms with Gasteiger partial charge in [0.25, 0.3) is 6.43 Å². The predicted molar refractivity (Wildman–Crippen MR) is 108 cm³/mol. The summed E-state index contributed by atoms with van der Waals surface area (Å²) in [6, 6.07) is 8.37. The Morgan fingerprint density at radius 1 is 1.11 bits per heavy atom. The first kappa shape index (κ1) is 28.6. The molecule has 0 unspecified atom stereocenters. The van der Waals surface area contributed by atoms with Crippen LogP contribution < -0.4 is 5.73 Å². The minimum Gasteiger partial charge on any atom is -0.396 e. The van der Waals surface area contributed by atoms with Gasteiger partial charge in [0, 0.05) is 44.8 Å². The van der Waals surface area contributed by atoms with Gasteiger partial charge in [-0.2, -0.15) is 5.26 Å². The summed E-state index contributed by atoms with van der Waals surface area (Å²) >= 11 is 0. The van der Waals surface area contributed by atoms with E-state index in [0.29, 0.717) is 19.3 Å². The number of methoxy groups -OCH3 is 1. The van der Waals surface area contributed by atoms with Crippen LogP contribution in [0, 0.1) is 17.2 Å². The van der Waals surface area contributed by atoms with Crippen LogP contribution in [0.4, 0.5) is 8.78 Å². The number of benzene rings is 1. The molecule has 4 N–H and O–H groups in total. The molecule has 0 saturated carbocycles. The highest BCUT2D eigenvalue weighted by Gasteiger charge is 2.09. The second-order valence-corrected chi connectivity index (χ2v) is 6.13. The van der Waals surface area contributed by atoms with E-state index in [1.807, 2.05) is 0 Å². The molecule has 28 heavy (non-hydrogen) atoms. The molecule has 0 amide bonds. The van der Waals surface area contributed by atoms with Gasteiger partial charge in [0.05, 0.1) is 6.07 Å². The first-order chi connectivity index (χ1) is 13.6. The second-order valence-electron chi connectivity index (χ2n) is 6.13. The van der Waals surface area contributed by atoms with Crippen LogP contribution >= 0.6 is 0 Å². The molecule has 0 heterocycles. The summed E-state index contributed by atoms with van der Waals surface area (Å²) in [6.07, 6.45) is 3.96. The number of unbranched alkanes of at least 4 members (excludes halogenated alkanes) is 4. The van der Waals surface area contributed by atoms with Gasteiger partial charge in [0.1, 0.15) is 0 Å². The summed E-state index contributed by atoms with van der Waals surface area (Å²) in [6.45, 7) is 0.697. The molecule has 1 aromatic rings. The lowest BCUT2D eigenvalue weighted by molar-refractivity contribution is 0.143. The van der Waals surface area contributed by atoms with Gasteiger partial charge in [-0.15, -0.1) is 0 Å². The molecule has 0 aliphatic carbocycles. The monoisotopic (exact) mass is 402 g/mol. The first-order valence-electron chi connectivity index (χ1n) is 9.61. The van der Waals surface area contributed by atoms with E-state index in [2.05, 4.69) is 11.8 Å². The lowest BCUT2D eigenvalue weighted by Crippen LogP contribution is -2.11. The van der Waals surface area contributed by atoms with E-state index in [-0.39, 0.29) is 24.7 Å². The Labute approximate surface area is 168 Å². The number of alkyl halides is 2. The van der Waals surface area contributed by atoms with Gasteiger partial charge >= 0.3 is 0 Å². The van der Waals surface area contributed by atoms with E-state index in [4.69, 9.17) is 20.2 Å². The summed E-state index contributed by atoms with van der Waals surface area (Å²) in [4.78, 5) is 0. The van der Waals surface area contributed by atoms with Crippen molar-refractivity contribution < 1.29 is 23.7 Å². The third-order valence-electron chi connectivity index (χ3n) is 3.95. The van der Waals surface area contributed by atoms with Crippen LogP contribution in [0.1, 0.15) is 56.1 Å². The molecule has 0 aliphatic heterocycles. The number of aliphatic hydroxyl groups excluding tert-OH is 2. The predicted octanol–water partition coefficient (Wildman–Crippen LogP) is 3.84. The molecule has 5 nitrogen and oxygen atoms in total. The van der Waals surface area contributed by atoms with Gasteiger partial charge in [0.15, 0.2) is 0 Å². The first-order valence-corrected chi connectivity index (χ1v) is 9.61. The number of aryl methyl sites for hydroxylation is 1. The van der Waals surface area contributed by atoms with E-state index in [9.17, 15) is 8.78 Å². The SMILES string of the molecule is CN.COCCCCCCC#N.OCC(CO)CCc1cccc(C(F)F)c1. The molecule has 1 rings (SSSR count). The number of nitrogens with zero attached hydrogens (tertiary/aromatic N) is 1. The van der Waals surface area contributed by atoms with Crippen molar-refractivity contribution in [2.45, 2.75) is 51.4 Å². The number of rotatable bonds is 12. The quantitative estimate of drug-likeness (QED) is 0.461. The highest BCUT2D eigenvalue weighted by Crippen LogP contribution is 2.20. The zero-order valence-electron chi connectivity index (χ0n) is 17.1. The van der Waals surface area contributed by atoms with Crippen molar-refractivity contribution >= 4 is 0 Å². The van der Waals surface area contributed by atoms with Crippen molar-refractivity contribution in [2.75, 3.05) is 34.0 Å². The number of ether oxygens (including phenoxy) is 1. The summed E-state index contributed by atoms with van der Waals surface area (Å²) in [5.74, 6) is -0.171. The number of aliphatic hydroxyl groups is 2. The zero-order chi connectivity index (χ0) is 21.6. The third kappa shape index (κ3) is 16.6.